The zero-order chi connectivity index (χ0) is 63.5. The molecule has 0 rings (SSSR count). The molecule has 0 fully saturated rings. The van der Waals surface area contributed by atoms with Gasteiger partial charge in [0, 0.05) is 12.8 Å². The van der Waals surface area contributed by atoms with Gasteiger partial charge in [-0.3, -0.25) is 14.2 Å². The Hall–Kier alpha value is -3.33. The molecule has 1 amide bonds. The van der Waals surface area contributed by atoms with Crippen molar-refractivity contribution >= 4 is 19.7 Å². The quantitative estimate of drug-likeness (QED) is 0.0212. The standard InChI is InChI=1S/C77H137N2O7P/c1-7-10-13-16-19-22-25-28-30-32-34-36-38-39-41-43-45-47-49-52-55-58-61-64-67-70-77(81)86-75(68-65-62-59-56-53-50-27-24-21-18-15-12-9-3)74(73-85-87(82,83)84-72-71-79(4,5)6)78-76(80)69-66-63-60-57-54-51-48-46-44-42-40-37-35-33-31-29-26-23-20-17-14-11-8-2/h11,14,19-20,22-23,28-31,34-37,42,44,65,68,74-75H,7-10,12-13,15-18,21,24-27,32-33,38-41,43,45-64,66-67,69-73H2,1-6H3,(H-,78,80,82,83)/b14-11-,22-19-,23-20-,30-28-,31-29-,36-34-,37-35-,44-42-,68-65+. The summed E-state index contributed by atoms with van der Waals surface area (Å²) < 4.78 is 30.5. The smallest absolute Gasteiger partial charge is 0.306 e. The predicted octanol–water partition coefficient (Wildman–Crippen LogP) is 22.6. The van der Waals surface area contributed by atoms with Gasteiger partial charge in [0.05, 0.1) is 33.8 Å². The number of nitrogens with one attached hydrogen (secondary N) is 1. The van der Waals surface area contributed by atoms with Crippen LogP contribution in [-0.4, -0.2) is 69.4 Å². The third-order valence-electron chi connectivity index (χ3n) is 15.7. The van der Waals surface area contributed by atoms with E-state index in [2.05, 4.69) is 123 Å². The van der Waals surface area contributed by atoms with Crippen LogP contribution in [0.25, 0.3) is 0 Å². The molecule has 3 atom stereocenters. The Bertz CT molecular complexity index is 1860. The molecule has 10 heteroatoms. The van der Waals surface area contributed by atoms with Crippen molar-refractivity contribution in [3.05, 3.63) is 109 Å². The number of carbonyl (C=O) groups excluding carboxylic acids is 2. The Balaban J connectivity index is 5.12. The number of nitrogens with zero attached hydrogens (tertiary/aromatic N) is 1. The maximum Gasteiger partial charge on any atom is 0.306 e. The van der Waals surface area contributed by atoms with E-state index in [1.165, 1.54) is 167 Å². The number of hydrogen-bond donors (Lipinski definition) is 1. The van der Waals surface area contributed by atoms with E-state index in [0.29, 0.717) is 17.4 Å². The van der Waals surface area contributed by atoms with Crippen LogP contribution in [-0.2, 0) is 27.9 Å². The van der Waals surface area contributed by atoms with Crippen LogP contribution in [0.3, 0.4) is 0 Å². The highest BCUT2D eigenvalue weighted by atomic mass is 31.2. The second kappa shape index (κ2) is 65.6. The molecule has 502 valence electrons. The highest BCUT2D eigenvalue weighted by Gasteiger charge is 2.27. The Morgan fingerprint density at radius 2 is 0.736 bits per heavy atom. The van der Waals surface area contributed by atoms with Crippen molar-refractivity contribution in [2.45, 2.75) is 328 Å². The summed E-state index contributed by atoms with van der Waals surface area (Å²) >= 11 is 0. The van der Waals surface area contributed by atoms with Gasteiger partial charge in [0.25, 0.3) is 7.82 Å². The number of amides is 1. The minimum absolute atomic E-state index is 0.0294. The second-order valence-corrected chi connectivity index (χ2v) is 26.8. The zero-order valence-electron chi connectivity index (χ0n) is 57.4. The van der Waals surface area contributed by atoms with E-state index in [1.807, 2.05) is 33.3 Å². The van der Waals surface area contributed by atoms with E-state index in [0.717, 1.165) is 116 Å². The van der Waals surface area contributed by atoms with Crippen molar-refractivity contribution in [3.63, 3.8) is 0 Å². The molecule has 0 saturated heterocycles. The lowest BCUT2D eigenvalue weighted by Crippen LogP contribution is -2.47. The van der Waals surface area contributed by atoms with Crippen LogP contribution >= 0.6 is 7.82 Å². The lowest BCUT2D eigenvalue weighted by Gasteiger charge is -2.30. The number of allylic oxidation sites excluding steroid dienone is 17. The monoisotopic (exact) mass is 1230 g/mol. The predicted molar refractivity (Wildman–Crippen MR) is 376 cm³/mol. The number of unbranched alkanes of at least 4 members (excludes halogenated alkanes) is 33. The summed E-state index contributed by atoms with van der Waals surface area (Å²) in [5, 5.41) is 3.04. The molecule has 0 aliphatic rings. The number of rotatable bonds is 65. The maximum atomic E-state index is 13.6. The number of phosphoric ester groups is 1. The Kier molecular flexibility index (Phi) is 63.1. The fraction of sp³-hybridized carbons (Fsp3) is 0.740. The van der Waals surface area contributed by atoms with Crippen molar-refractivity contribution in [1.82, 2.24) is 5.32 Å². The van der Waals surface area contributed by atoms with Gasteiger partial charge in [-0.25, -0.2) is 0 Å². The van der Waals surface area contributed by atoms with Crippen LogP contribution in [0.4, 0.5) is 0 Å². The van der Waals surface area contributed by atoms with Crippen molar-refractivity contribution in [1.29, 1.82) is 0 Å². The molecule has 87 heavy (non-hydrogen) atoms. The van der Waals surface area contributed by atoms with Crippen LogP contribution in [0, 0.1) is 0 Å². The van der Waals surface area contributed by atoms with Gasteiger partial charge >= 0.3 is 5.97 Å². The number of esters is 1. The molecule has 0 aliphatic heterocycles. The largest absolute Gasteiger partial charge is 0.756 e. The summed E-state index contributed by atoms with van der Waals surface area (Å²) in [5.41, 5.74) is 0. The fourth-order valence-electron chi connectivity index (χ4n) is 10.1. The van der Waals surface area contributed by atoms with Crippen LogP contribution < -0.4 is 10.2 Å². The van der Waals surface area contributed by atoms with Crippen molar-refractivity contribution in [3.8, 4) is 0 Å². The fourth-order valence-corrected chi connectivity index (χ4v) is 10.9. The van der Waals surface area contributed by atoms with Crippen LogP contribution in [0.1, 0.15) is 316 Å². The Labute approximate surface area is 538 Å². The van der Waals surface area contributed by atoms with Gasteiger partial charge in [-0.1, -0.05) is 297 Å². The van der Waals surface area contributed by atoms with Gasteiger partial charge in [0.1, 0.15) is 19.3 Å². The summed E-state index contributed by atoms with van der Waals surface area (Å²) in [4.78, 5) is 40.2. The van der Waals surface area contributed by atoms with Gasteiger partial charge in [0.2, 0.25) is 5.91 Å². The first-order valence-corrected chi connectivity index (χ1v) is 37.7. The Morgan fingerprint density at radius 3 is 1.13 bits per heavy atom. The molecule has 9 nitrogen and oxygen atoms in total. The van der Waals surface area contributed by atoms with Crippen LogP contribution in [0.15, 0.2) is 109 Å². The van der Waals surface area contributed by atoms with Crippen molar-refractivity contribution in [2.24, 2.45) is 0 Å². The molecule has 3 unspecified atom stereocenters. The minimum atomic E-state index is -4.72. The molecule has 0 radical (unpaired) electrons. The molecule has 0 aromatic carbocycles. The summed E-state index contributed by atoms with van der Waals surface area (Å²) in [6.07, 6.45) is 90.6. The number of phosphoric acid groups is 1. The van der Waals surface area contributed by atoms with Gasteiger partial charge in [-0.15, -0.1) is 0 Å². The van der Waals surface area contributed by atoms with Crippen LogP contribution in [0.2, 0.25) is 0 Å². The Morgan fingerprint density at radius 1 is 0.414 bits per heavy atom. The third-order valence-corrected chi connectivity index (χ3v) is 16.7. The first-order chi connectivity index (χ1) is 42.4. The number of hydrogen-bond acceptors (Lipinski definition) is 7. The first-order valence-electron chi connectivity index (χ1n) is 36.2. The molecule has 0 heterocycles. The topological polar surface area (TPSA) is 114 Å². The first kappa shape index (κ1) is 83.7. The molecule has 0 saturated carbocycles. The summed E-state index contributed by atoms with van der Waals surface area (Å²) in [7, 11) is 1.17. The summed E-state index contributed by atoms with van der Waals surface area (Å²) in [6.45, 7) is 6.72. The maximum absolute atomic E-state index is 13.6. The molecule has 0 aliphatic carbocycles. The molecule has 1 N–H and O–H groups in total. The van der Waals surface area contributed by atoms with Gasteiger partial charge in [-0.05, 0) is 115 Å². The van der Waals surface area contributed by atoms with E-state index >= 15 is 0 Å². The average Bonchev–Trinajstić information content (AvgIpc) is 3.69. The summed E-state index contributed by atoms with van der Waals surface area (Å²) in [5.74, 6) is -0.553. The van der Waals surface area contributed by atoms with Crippen molar-refractivity contribution in [2.75, 3.05) is 40.9 Å². The molecule has 0 aromatic rings. The number of quaternary nitrogens is 1. The molecule has 0 bridgehead atoms. The van der Waals surface area contributed by atoms with Gasteiger partial charge in [0.15, 0.2) is 0 Å². The second-order valence-electron chi connectivity index (χ2n) is 25.4. The van der Waals surface area contributed by atoms with Gasteiger partial charge in [-0.2, -0.15) is 0 Å². The SMILES string of the molecule is CC/C=C\C/C=C\C/C=C\C/C=C\C/C=C\CCCCCCCCCC(=O)NC(COP(=O)([O-])OCC[N+](C)(C)C)C(/C=C/CCCCCCCCCCCCC)OC(=O)CCCCCCCCCCCCCC/C=C\C/C=C\C/C=C\CCCCC. The average molecular weight is 1230 g/mol. The van der Waals surface area contributed by atoms with E-state index < -0.39 is 26.6 Å². The number of ether oxygens (including phenoxy) is 1. The minimum Gasteiger partial charge on any atom is -0.756 e. The molecule has 0 aromatic heterocycles. The third kappa shape index (κ3) is 66.9. The zero-order valence-corrected chi connectivity index (χ0v) is 58.3. The highest BCUT2D eigenvalue weighted by Crippen LogP contribution is 2.38. The number of likely N-dealkylation sites (N-methyl/N-ethyl adjacent to an activating group) is 1. The lowest BCUT2D eigenvalue weighted by molar-refractivity contribution is -0.870. The lowest BCUT2D eigenvalue weighted by atomic mass is 10.0. The summed E-state index contributed by atoms with van der Waals surface area (Å²) in [6, 6.07) is -0.903. The van der Waals surface area contributed by atoms with E-state index in [-0.39, 0.29) is 24.9 Å². The van der Waals surface area contributed by atoms with Crippen LogP contribution in [0.5, 0.6) is 0 Å². The number of carbonyl (C=O) groups is 2. The van der Waals surface area contributed by atoms with E-state index in [9.17, 15) is 19.0 Å². The normalized spacial score (nSPS) is 14.1. The van der Waals surface area contributed by atoms with E-state index in [1.54, 1.807) is 0 Å². The molecular weight excluding hydrogens is 1100 g/mol. The molecule has 0 spiro atoms. The highest BCUT2D eigenvalue weighted by molar-refractivity contribution is 7.45. The molecular formula is C77H137N2O7P. The van der Waals surface area contributed by atoms with Crippen molar-refractivity contribution < 1.29 is 37.3 Å². The van der Waals surface area contributed by atoms with Gasteiger partial charge < -0.3 is 28.5 Å². The van der Waals surface area contributed by atoms with E-state index in [4.69, 9.17) is 13.8 Å².